The number of rotatable bonds is 2. The van der Waals surface area contributed by atoms with Crippen LogP contribution >= 0.6 is 0 Å². The lowest BCUT2D eigenvalue weighted by molar-refractivity contribution is 0.0992. The number of carbonyl (C=O) groups is 1. The van der Waals surface area contributed by atoms with Gasteiger partial charge in [0, 0.05) is 24.4 Å². The van der Waals surface area contributed by atoms with Crippen molar-refractivity contribution in [3.8, 4) is 11.5 Å². The van der Waals surface area contributed by atoms with E-state index in [2.05, 4.69) is 0 Å². The van der Waals surface area contributed by atoms with Gasteiger partial charge in [-0.25, -0.2) is 0 Å². The van der Waals surface area contributed by atoms with Gasteiger partial charge in [-0.2, -0.15) is 0 Å². The van der Waals surface area contributed by atoms with E-state index in [4.69, 9.17) is 5.73 Å². The van der Waals surface area contributed by atoms with Gasteiger partial charge < -0.3 is 20.8 Å². The molecule has 4 N–H and O–H groups in total. The van der Waals surface area contributed by atoms with Crippen molar-refractivity contribution in [1.29, 1.82) is 0 Å². The Morgan fingerprint density at radius 3 is 2.53 bits per heavy atom. The molecule has 98 valence electrons. The van der Waals surface area contributed by atoms with Gasteiger partial charge in [0.25, 0.3) is 5.91 Å². The lowest BCUT2D eigenvalue weighted by Gasteiger charge is -2.17. The summed E-state index contributed by atoms with van der Waals surface area (Å²) in [5.41, 5.74) is 6.58. The summed E-state index contributed by atoms with van der Waals surface area (Å²) in [5, 5.41) is 18.9. The SMILES string of the molecule is CN(C(=O)c1ccc(N)c(O)c1)c1cccc(O)c1. The first-order valence-electron chi connectivity index (χ1n) is 5.64. The molecule has 0 radical (unpaired) electrons. The molecule has 0 aliphatic rings. The highest BCUT2D eigenvalue weighted by atomic mass is 16.3. The van der Waals surface area contributed by atoms with Crippen molar-refractivity contribution in [1.82, 2.24) is 0 Å². The van der Waals surface area contributed by atoms with Gasteiger partial charge in [-0.15, -0.1) is 0 Å². The van der Waals surface area contributed by atoms with Crippen LogP contribution in [0.2, 0.25) is 0 Å². The molecule has 0 saturated heterocycles. The maximum atomic E-state index is 12.2. The lowest BCUT2D eigenvalue weighted by Crippen LogP contribution is -2.26. The predicted molar refractivity (Wildman–Crippen MR) is 73.4 cm³/mol. The highest BCUT2D eigenvalue weighted by Crippen LogP contribution is 2.24. The number of anilines is 2. The summed E-state index contributed by atoms with van der Waals surface area (Å²) < 4.78 is 0. The second-order valence-electron chi connectivity index (χ2n) is 4.16. The van der Waals surface area contributed by atoms with Gasteiger partial charge in [-0.05, 0) is 30.3 Å². The minimum Gasteiger partial charge on any atom is -0.508 e. The van der Waals surface area contributed by atoms with Crippen LogP contribution in [0, 0.1) is 0 Å². The van der Waals surface area contributed by atoms with E-state index in [9.17, 15) is 15.0 Å². The molecule has 0 unspecified atom stereocenters. The molecule has 0 atom stereocenters. The monoisotopic (exact) mass is 258 g/mol. The molecule has 19 heavy (non-hydrogen) atoms. The number of amides is 1. The fourth-order valence-corrected chi connectivity index (χ4v) is 1.69. The molecule has 2 rings (SSSR count). The van der Waals surface area contributed by atoms with E-state index in [-0.39, 0.29) is 23.1 Å². The first-order chi connectivity index (χ1) is 8.99. The molecule has 0 aromatic heterocycles. The molecule has 5 nitrogen and oxygen atoms in total. The number of carbonyl (C=O) groups excluding carboxylic acids is 1. The number of phenols is 2. The zero-order valence-corrected chi connectivity index (χ0v) is 10.4. The summed E-state index contributed by atoms with van der Waals surface area (Å²) in [5.74, 6) is -0.353. The Balaban J connectivity index is 2.30. The second-order valence-corrected chi connectivity index (χ2v) is 4.16. The summed E-state index contributed by atoms with van der Waals surface area (Å²) >= 11 is 0. The fraction of sp³-hybridized carbons (Fsp3) is 0.0714. The van der Waals surface area contributed by atoms with Crippen LogP contribution in [0.1, 0.15) is 10.4 Å². The van der Waals surface area contributed by atoms with Crippen LogP contribution < -0.4 is 10.6 Å². The number of benzene rings is 2. The van der Waals surface area contributed by atoms with Gasteiger partial charge in [0.2, 0.25) is 0 Å². The molecular weight excluding hydrogens is 244 g/mol. The van der Waals surface area contributed by atoms with Crippen molar-refractivity contribution in [2.45, 2.75) is 0 Å². The molecule has 0 fully saturated rings. The van der Waals surface area contributed by atoms with Crippen molar-refractivity contribution in [2.24, 2.45) is 0 Å². The molecule has 0 heterocycles. The number of aromatic hydroxyl groups is 2. The lowest BCUT2D eigenvalue weighted by atomic mass is 10.1. The van der Waals surface area contributed by atoms with Gasteiger partial charge in [-0.1, -0.05) is 6.07 Å². The first kappa shape index (κ1) is 12.8. The highest BCUT2D eigenvalue weighted by molar-refractivity contribution is 6.06. The van der Waals surface area contributed by atoms with Crippen LogP contribution in [0.25, 0.3) is 0 Å². The number of nitrogens with zero attached hydrogens (tertiary/aromatic N) is 1. The van der Waals surface area contributed by atoms with E-state index in [0.29, 0.717) is 11.3 Å². The Bertz CT molecular complexity index is 626. The van der Waals surface area contributed by atoms with Crippen molar-refractivity contribution in [3.05, 3.63) is 48.0 Å². The number of phenolic OH excluding ortho intramolecular Hbond substituents is 2. The molecule has 5 heteroatoms. The highest BCUT2D eigenvalue weighted by Gasteiger charge is 2.15. The van der Waals surface area contributed by atoms with Crippen LogP contribution in [0.4, 0.5) is 11.4 Å². The molecule has 1 amide bonds. The summed E-state index contributed by atoms with van der Waals surface area (Å²) in [6.45, 7) is 0. The second kappa shape index (κ2) is 4.89. The summed E-state index contributed by atoms with van der Waals surface area (Å²) in [6, 6.07) is 10.7. The summed E-state index contributed by atoms with van der Waals surface area (Å²) in [4.78, 5) is 13.6. The number of nitrogen functional groups attached to an aromatic ring is 1. The van der Waals surface area contributed by atoms with Crippen LogP contribution in [0.3, 0.4) is 0 Å². The van der Waals surface area contributed by atoms with Gasteiger partial charge in [0.1, 0.15) is 11.5 Å². The largest absolute Gasteiger partial charge is 0.508 e. The molecule has 0 saturated carbocycles. The van der Waals surface area contributed by atoms with Crippen molar-refractivity contribution in [3.63, 3.8) is 0 Å². The standard InChI is InChI=1S/C14H14N2O3/c1-16(10-3-2-4-11(17)8-10)14(19)9-5-6-12(15)13(18)7-9/h2-8,17-18H,15H2,1H3. The number of nitrogens with two attached hydrogens (primary N) is 1. The van der Waals surface area contributed by atoms with E-state index in [1.807, 2.05) is 0 Å². The Hall–Kier alpha value is -2.69. The molecule has 0 spiro atoms. The van der Waals surface area contributed by atoms with Crippen LogP contribution in [0.15, 0.2) is 42.5 Å². The molecule has 0 bridgehead atoms. The van der Waals surface area contributed by atoms with Crippen LogP contribution in [-0.4, -0.2) is 23.2 Å². The third-order valence-electron chi connectivity index (χ3n) is 2.80. The smallest absolute Gasteiger partial charge is 0.258 e. The molecule has 0 aliphatic carbocycles. The average Bonchev–Trinajstić information content (AvgIpc) is 2.40. The van der Waals surface area contributed by atoms with Gasteiger partial charge >= 0.3 is 0 Å². The van der Waals surface area contributed by atoms with Crippen LogP contribution in [-0.2, 0) is 0 Å². The van der Waals surface area contributed by atoms with E-state index < -0.39 is 0 Å². The Morgan fingerprint density at radius 2 is 1.89 bits per heavy atom. The van der Waals surface area contributed by atoms with Crippen molar-refractivity contribution >= 4 is 17.3 Å². The van der Waals surface area contributed by atoms with Gasteiger partial charge in [0.15, 0.2) is 0 Å². The maximum Gasteiger partial charge on any atom is 0.258 e. The topological polar surface area (TPSA) is 86.8 Å². The molecule has 2 aromatic rings. The van der Waals surface area contributed by atoms with Gasteiger partial charge in [0.05, 0.1) is 5.69 Å². The van der Waals surface area contributed by atoms with E-state index in [0.717, 1.165) is 0 Å². The fourth-order valence-electron chi connectivity index (χ4n) is 1.69. The normalized spacial score (nSPS) is 10.2. The molecule has 2 aromatic carbocycles. The first-order valence-corrected chi connectivity index (χ1v) is 5.64. The average molecular weight is 258 g/mol. The third-order valence-corrected chi connectivity index (χ3v) is 2.80. The molecule has 0 aliphatic heterocycles. The number of hydrogen-bond donors (Lipinski definition) is 3. The zero-order chi connectivity index (χ0) is 14.0. The quantitative estimate of drug-likeness (QED) is 0.567. The van der Waals surface area contributed by atoms with E-state index >= 15 is 0 Å². The minimum absolute atomic E-state index is 0.0808. The summed E-state index contributed by atoms with van der Waals surface area (Å²) in [6.07, 6.45) is 0. The predicted octanol–water partition coefficient (Wildman–Crippen LogP) is 1.96. The van der Waals surface area contributed by atoms with Gasteiger partial charge in [-0.3, -0.25) is 4.79 Å². The van der Waals surface area contributed by atoms with Crippen molar-refractivity contribution in [2.75, 3.05) is 17.7 Å². The van der Waals surface area contributed by atoms with E-state index in [1.165, 1.54) is 35.2 Å². The van der Waals surface area contributed by atoms with E-state index in [1.54, 1.807) is 19.2 Å². The third kappa shape index (κ3) is 2.60. The number of hydrogen-bond acceptors (Lipinski definition) is 4. The Kier molecular flexibility index (Phi) is 3.29. The van der Waals surface area contributed by atoms with Crippen molar-refractivity contribution < 1.29 is 15.0 Å². The maximum absolute atomic E-state index is 12.2. The zero-order valence-electron chi connectivity index (χ0n) is 10.4. The summed E-state index contributed by atoms with van der Waals surface area (Å²) in [7, 11) is 1.59. The Labute approximate surface area is 110 Å². The minimum atomic E-state index is -0.305. The Morgan fingerprint density at radius 1 is 1.16 bits per heavy atom. The van der Waals surface area contributed by atoms with Crippen LogP contribution in [0.5, 0.6) is 11.5 Å². The molecular formula is C14H14N2O3.